The Morgan fingerprint density at radius 3 is 2.48 bits per heavy atom. The molecule has 0 saturated heterocycles. The topological polar surface area (TPSA) is 43.1 Å². The van der Waals surface area contributed by atoms with Crippen molar-refractivity contribution in [1.82, 2.24) is 4.98 Å². The van der Waals surface area contributed by atoms with Gasteiger partial charge in [0.05, 0.1) is 0 Å². The van der Waals surface area contributed by atoms with Crippen molar-refractivity contribution in [3.8, 4) is 22.6 Å². The number of ketones is 1. The van der Waals surface area contributed by atoms with Gasteiger partial charge >= 0.3 is 0 Å². The van der Waals surface area contributed by atoms with E-state index in [-0.39, 0.29) is 11.7 Å². The molecule has 0 aliphatic carbocycles. The van der Waals surface area contributed by atoms with Gasteiger partial charge in [-0.3, -0.25) is 4.79 Å². The lowest BCUT2D eigenvalue weighted by Crippen LogP contribution is -1.99. The van der Waals surface area contributed by atoms with Crippen LogP contribution in [0, 0.1) is 0 Å². The summed E-state index contributed by atoms with van der Waals surface area (Å²) in [6.07, 6.45) is -0.563. The highest BCUT2D eigenvalue weighted by Gasteiger charge is 2.21. The Morgan fingerprint density at radius 2 is 1.88 bits per heavy atom. The Bertz CT molecular complexity index is 898. The number of nitrogens with zero attached hydrogens (tertiary/aromatic N) is 1. The van der Waals surface area contributed by atoms with Crippen LogP contribution in [0.2, 0.25) is 0 Å². The lowest BCUT2D eigenvalue weighted by atomic mass is 9.97. The minimum Gasteiger partial charge on any atom is -0.437 e. The first-order valence-electron chi connectivity index (χ1n) is 8.35. The van der Waals surface area contributed by atoms with Gasteiger partial charge in [0.25, 0.3) is 0 Å². The van der Waals surface area contributed by atoms with Crippen LogP contribution >= 0.6 is 0 Å². The number of alkyl halides is 1. The second-order valence-electron chi connectivity index (χ2n) is 5.99. The molecule has 0 N–H and O–H groups in total. The van der Waals surface area contributed by atoms with Gasteiger partial charge in [0, 0.05) is 16.7 Å². The Balaban J connectivity index is 2.18. The highest BCUT2D eigenvalue weighted by Crippen LogP contribution is 2.35. The average Bonchev–Trinajstić information content (AvgIpc) is 3.07. The Morgan fingerprint density at radius 1 is 1.16 bits per heavy atom. The zero-order valence-electron chi connectivity index (χ0n) is 14.5. The molecule has 2 aromatic carbocycles. The third-order valence-electron chi connectivity index (χ3n) is 4.16. The SMILES string of the molecule is CCc1cc(-c2nc(C(C)F)oc2-c2ccccc2)ccc1C(C)=O. The van der Waals surface area contributed by atoms with Gasteiger partial charge in [-0.25, -0.2) is 9.37 Å². The van der Waals surface area contributed by atoms with Crippen LogP contribution in [0.5, 0.6) is 0 Å². The highest BCUT2D eigenvalue weighted by atomic mass is 19.1. The molecular weight excluding hydrogens is 317 g/mol. The number of carbonyl (C=O) groups is 1. The molecule has 0 amide bonds. The van der Waals surface area contributed by atoms with Crippen LogP contribution < -0.4 is 0 Å². The van der Waals surface area contributed by atoms with E-state index in [4.69, 9.17) is 4.42 Å². The second-order valence-corrected chi connectivity index (χ2v) is 5.99. The van der Waals surface area contributed by atoms with Gasteiger partial charge in [0.2, 0.25) is 5.89 Å². The predicted molar refractivity (Wildman–Crippen MR) is 96.3 cm³/mol. The maximum atomic E-state index is 13.8. The number of halogens is 1. The summed E-state index contributed by atoms with van der Waals surface area (Å²) >= 11 is 0. The summed E-state index contributed by atoms with van der Waals surface area (Å²) in [5.41, 5.74) is 3.90. The molecule has 1 unspecified atom stereocenters. The number of aromatic nitrogens is 1. The molecular formula is C21H20FNO2. The number of oxazole rings is 1. The predicted octanol–water partition coefficient (Wildman–Crippen LogP) is 5.80. The summed E-state index contributed by atoms with van der Waals surface area (Å²) in [5.74, 6) is 0.630. The smallest absolute Gasteiger partial charge is 0.229 e. The molecule has 4 heteroatoms. The fourth-order valence-corrected chi connectivity index (χ4v) is 2.86. The van der Waals surface area contributed by atoms with E-state index in [0.717, 1.165) is 23.1 Å². The van der Waals surface area contributed by atoms with Crippen LogP contribution in [0.15, 0.2) is 52.9 Å². The zero-order chi connectivity index (χ0) is 18.0. The number of Topliss-reactive ketones (excluding diaryl/α,β-unsaturated/α-hetero) is 1. The van der Waals surface area contributed by atoms with Crippen molar-refractivity contribution >= 4 is 5.78 Å². The zero-order valence-corrected chi connectivity index (χ0v) is 14.5. The van der Waals surface area contributed by atoms with Crippen LogP contribution in [0.3, 0.4) is 0 Å². The third-order valence-corrected chi connectivity index (χ3v) is 4.16. The molecule has 1 heterocycles. The number of hydrogen-bond acceptors (Lipinski definition) is 3. The molecule has 0 aliphatic rings. The Kier molecular flexibility index (Phi) is 4.79. The van der Waals surface area contributed by atoms with Crippen molar-refractivity contribution in [1.29, 1.82) is 0 Å². The first kappa shape index (κ1) is 17.1. The number of hydrogen-bond donors (Lipinski definition) is 0. The van der Waals surface area contributed by atoms with Gasteiger partial charge in [-0.15, -0.1) is 0 Å². The van der Waals surface area contributed by atoms with Crippen molar-refractivity contribution < 1.29 is 13.6 Å². The van der Waals surface area contributed by atoms with Crippen molar-refractivity contribution in [2.24, 2.45) is 0 Å². The molecule has 0 spiro atoms. The van der Waals surface area contributed by atoms with E-state index in [9.17, 15) is 9.18 Å². The molecule has 1 aromatic heterocycles. The van der Waals surface area contributed by atoms with E-state index < -0.39 is 6.17 Å². The Hall–Kier alpha value is -2.75. The van der Waals surface area contributed by atoms with E-state index >= 15 is 0 Å². The fraction of sp³-hybridized carbons (Fsp3) is 0.238. The van der Waals surface area contributed by atoms with E-state index in [1.165, 1.54) is 6.92 Å². The van der Waals surface area contributed by atoms with Gasteiger partial charge in [-0.05, 0) is 31.9 Å². The van der Waals surface area contributed by atoms with Crippen molar-refractivity contribution in [2.75, 3.05) is 0 Å². The quantitative estimate of drug-likeness (QED) is 0.552. The summed E-state index contributed by atoms with van der Waals surface area (Å²) in [6.45, 7) is 4.96. The lowest BCUT2D eigenvalue weighted by molar-refractivity contribution is 0.101. The van der Waals surface area contributed by atoms with Crippen molar-refractivity contribution in [3.63, 3.8) is 0 Å². The molecule has 0 bridgehead atoms. The summed E-state index contributed by atoms with van der Waals surface area (Å²) in [6, 6.07) is 15.1. The maximum absolute atomic E-state index is 13.8. The second kappa shape index (κ2) is 7.01. The van der Waals surface area contributed by atoms with E-state index in [2.05, 4.69) is 4.98 Å². The molecule has 0 radical (unpaired) electrons. The summed E-state index contributed by atoms with van der Waals surface area (Å²) < 4.78 is 19.5. The summed E-state index contributed by atoms with van der Waals surface area (Å²) in [4.78, 5) is 16.2. The van der Waals surface area contributed by atoms with Crippen LogP contribution in [-0.2, 0) is 6.42 Å². The highest BCUT2D eigenvalue weighted by molar-refractivity contribution is 5.96. The number of benzene rings is 2. The van der Waals surface area contributed by atoms with Gasteiger partial charge in [0.15, 0.2) is 17.7 Å². The molecule has 3 nitrogen and oxygen atoms in total. The van der Waals surface area contributed by atoms with Crippen LogP contribution in [0.1, 0.15) is 48.8 Å². The largest absolute Gasteiger partial charge is 0.437 e. The Labute approximate surface area is 146 Å². The molecule has 25 heavy (non-hydrogen) atoms. The molecule has 0 aliphatic heterocycles. The molecule has 0 fully saturated rings. The third kappa shape index (κ3) is 3.38. The minimum atomic E-state index is -1.29. The standard InChI is InChI=1S/C21H20FNO2/c1-4-15-12-17(10-11-18(15)14(3)24)19-20(16-8-6-5-7-9-16)25-21(23-19)13(2)22/h5-13H,4H2,1-3H3. The van der Waals surface area contributed by atoms with Crippen molar-refractivity contribution in [2.45, 2.75) is 33.4 Å². The molecule has 3 rings (SSSR count). The maximum Gasteiger partial charge on any atom is 0.229 e. The van der Waals surface area contributed by atoms with Crippen molar-refractivity contribution in [3.05, 3.63) is 65.5 Å². The normalized spacial score (nSPS) is 12.2. The summed E-state index contributed by atoms with van der Waals surface area (Å²) in [5, 5.41) is 0. The minimum absolute atomic E-state index is 0.0323. The van der Waals surface area contributed by atoms with Crippen LogP contribution in [0.4, 0.5) is 4.39 Å². The van der Waals surface area contributed by atoms with Gasteiger partial charge < -0.3 is 4.42 Å². The average molecular weight is 337 g/mol. The first-order chi connectivity index (χ1) is 12.0. The van der Waals surface area contributed by atoms with Gasteiger partial charge in [-0.2, -0.15) is 0 Å². The van der Waals surface area contributed by atoms with Gasteiger partial charge in [0.1, 0.15) is 5.69 Å². The fourth-order valence-electron chi connectivity index (χ4n) is 2.86. The first-order valence-corrected chi connectivity index (χ1v) is 8.35. The summed E-state index contributed by atoms with van der Waals surface area (Å²) in [7, 11) is 0. The molecule has 0 saturated carbocycles. The number of rotatable bonds is 5. The van der Waals surface area contributed by atoms with Gasteiger partial charge in [-0.1, -0.05) is 49.4 Å². The number of aryl methyl sites for hydroxylation is 1. The van der Waals surface area contributed by atoms with E-state index in [1.807, 2.05) is 49.4 Å². The lowest BCUT2D eigenvalue weighted by Gasteiger charge is -2.08. The molecule has 128 valence electrons. The molecule has 3 aromatic rings. The number of carbonyl (C=O) groups excluding carboxylic acids is 1. The van der Waals surface area contributed by atoms with Crippen LogP contribution in [0.25, 0.3) is 22.6 Å². The van der Waals surface area contributed by atoms with Crippen LogP contribution in [-0.4, -0.2) is 10.8 Å². The van der Waals surface area contributed by atoms with E-state index in [1.54, 1.807) is 13.0 Å². The van der Waals surface area contributed by atoms with E-state index in [0.29, 0.717) is 17.0 Å². The monoisotopic (exact) mass is 337 g/mol. The molecule has 1 atom stereocenters.